The zero-order chi connectivity index (χ0) is 20.3. The van der Waals surface area contributed by atoms with Crippen LogP contribution in [0, 0.1) is 5.92 Å². The highest BCUT2D eigenvalue weighted by atomic mass is 32.2. The monoisotopic (exact) mass is 402 g/mol. The molecule has 9 heteroatoms. The van der Waals surface area contributed by atoms with Crippen molar-refractivity contribution in [1.29, 1.82) is 0 Å². The third kappa shape index (κ3) is 4.04. The number of aromatic carboxylic acids is 1. The third-order valence-corrected chi connectivity index (χ3v) is 6.16. The normalized spacial score (nSPS) is 17.7. The van der Waals surface area contributed by atoms with Gasteiger partial charge in [0, 0.05) is 6.54 Å². The molecule has 2 aromatic rings. The van der Waals surface area contributed by atoms with E-state index < -0.39 is 40.3 Å². The smallest absolute Gasteiger partial charge is 0.335 e. The summed E-state index contributed by atoms with van der Waals surface area (Å²) < 4.78 is 26.5. The fourth-order valence-corrected chi connectivity index (χ4v) is 4.42. The second-order valence-electron chi connectivity index (χ2n) is 6.37. The molecule has 8 nitrogen and oxygen atoms in total. The molecule has 1 heterocycles. The van der Waals surface area contributed by atoms with Gasteiger partial charge in [-0.2, -0.15) is 0 Å². The van der Waals surface area contributed by atoms with Gasteiger partial charge in [-0.1, -0.05) is 36.4 Å². The van der Waals surface area contributed by atoms with Crippen LogP contribution in [0.15, 0.2) is 59.5 Å². The van der Waals surface area contributed by atoms with E-state index in [1.165, 1.54) is 18.2 Å². The molecule has 1 unspecified atom stereocenters. The number of carbonyl (C=O) groups is 3. The highest BCUT2D eigenvalue weighted by Crippen LogP contribution is 2.22. The molecule has 1 atom stereocenters. The van der Waals surface area contributed by atoms with Gasteiger partial charge in [-0.05, 0) is 30.2 Å². The van der Waals surface area contributed by atoms with E-state index in [0.717, 1.165) is 11.6 Å². The maximum absolute atomic E-state index is 13.0. The molecule has 2 aromatic carbocycles. The number of amides is 2. The molecule has 0 radical (unpaired) electrons. The molecular formula is C19H18N2O6S. The van der Waals surface area contributed by atoms with Gasteiger partial charge in [0.05, 0.1) is 16.4 Å². The van der Waals surface area contributed by atoms with Crippen LogP contribution < -0.4 is 5.32 Å². The second kappa shape index (κ2) is 7.81. The topological polar surface area (TPSA) is 121 Å². The lowest BCUT2D eigenvalue weighted by Crippen LogP contribution is -2.42. The summed E-state index contributed by atoms with van der Waals surface area (Å²) in [4.78, 5) is 35.8. The number of carbonyl (C=O) groups excluding carboxylic acids is 2. The van der Waals surface area contributed by atoms with Gasteiger partial charge in [0.25, 0.3) is 10.0 Å². The first kappa shape index (κ1) is 19.6. The lowest BCUT2D eigenvalue weighted by molar-refractivity contribution is -0.131. The van der Waals surface area contributed by atoms with Gasteiger partial charge in [0.15, 0.2) is 0 Å². The molecule has 146 valence electrons. The molecule has 28 heavy (non-hydrogen) atoms. The highest BCUT2D eigenvalue weighted by molar-refractivity contribution is 7.89. The van der Waals surface area contributed by atoms with Crippen molar-refractivity contribution < 1.29 is 27.9 Å². The van der Waals surface area contributed by atoms with Crippen LogP contribution in [0.3, 0.4) is 0 Å². The second-order valence-corrected chi connectivity index (χ2v) is 8.24. The van der Waals surface area contributed by atoms with Crippen molar-refractivity contribution in [2.75, 3.05) is 13.1 Å². The molecule has 0 spiro atoms. The number of nitrogens with one attached hydrogen (secondary N) is 1. The molecule has 1 aliphatic rings. The summed E-state index contributed by atoms with van der Waals surface area (Å²) in [6.07, 6.45) is 0.265. The van der Waals surface area contributed by atoms with Crippen LogP contribution in [-0.2, 0) is 26.0 Å². The number of rotatable bonds is 5. The van der Waals surface area contributed by atoms with Crippen molar-refractivity contribution in [3.63, 3.8) is 0 Å². The van der Waals surface area contributed by atoms with Crippen LogP contribution in [0.5, 0.6) is 0 Å². The molecule has 1 saturated heterocycles. The van der Waals surface area contributed by atoms with Crippen LogP contribution in [0.25, 0.3) is 0 Å². The standard InChI is InChI=1S/C19H18N2O6S/c22-17-12-21(28(26,27)16-8-4-7-14(10-16)19(24)25)18(23)15(11-20-17)9-13-5-2-1-3-6-13/h1-8,10,15H,9,11-12H2,(H,20,22)(H,24,25). The Morgan fingerprint density at radius 3 is 2.50 bits per heavy atom. The number of benzene rings is 2. The number of hydrogen-bond acceptors (Lipinski definition) is 5. The Morgan fingerprint density at radius 1 is 1.11 bits per heavy atom. The maximum Gasteiger partial charge on any atom is 0.335 e. The van der Waals surface area contributed by atoms with Crippen molar-refractivity contribution in [1.82, 2.24) is 9.62 Å². The van der Waals surface area contributed by atoms with Gasteiger partial charge in [-0.25, -0.2) is 17.5 Å². The quantitative estimate of drug-likeness (QED) is 0.766. The van der Waals surface area contributed by atoms with E-state index in [-0.39, 0.29) is 23.4 Å². The summed E-state index contributed by atoms with van der Waals surface area (Å²) in [5, 5.41) is 11.7. The highest BCUT2D eigenvalue weighted by Gasteiger charge is 2.38. The molecule has 2 N–H and O–H groups in total. The van der Waals surface area contributed by atoms with Crippen molar-refractivity contribution in [2.24, 2.45) is 5.92 Å². The summed E-state index contributed by atoms with van der Waals surface area (Å²) in [6.45, 7) is -0.627. The van der Waals surface area contributed by atoms with Gasteiger partial charge in [-0.15, -0.1) is 0 Å². The predicted octanol–water partition coefficient (Wildman–Crippen LogP) is 0.891. The molecule has 0 saturated carbocycles. The van der Waals surface area contributed by atoms with Crippen LogP contribution in [-0.4, -0.2) is 48.7 Å². The fourth-order valence-electron chi connectivity index (χ4n) is 2.97. The van der Waals surface area contributed by atoms with Crippen molar-refractivity contribution in [3.05, 3.63) is 65.7 Å². The molecule has 1 fully saturated rings. The SMILES string of the molecule is O=C1CN(S(=O)(=O)c2cccc(C(=O)O)c2)C(=O)C(Cc2ccccc2)CN1. The molecule has 2 amide bonds. The molecule has 1 aliphatic heterocycles. The summed E-state index contributed by atoms with van der Waals surface area (Å²) in [5.41, 5.74) is 0.607. The summed E-state index contributed by atoms with van der Waals surface area (Å²) in [5.74, 6) is -3.35. The van der Waals surface area contributed by atoms with Gasteiger partial charge in [0.2, 0.25) is 11.8 Å². The van der Waals surface area contributed by atoms with Gasteiger partial charge in [0.1, 0.15) is 6.54 Å². The Morgan fingerprint density at radius 2 is 1.82 bits per heavy atom. The first-order chi connectivity index (χ1) is 13.3. The number of sulfonamides is 1. The third-order valence-electron chi connectivity index (χ3n) is 4.42. The molecule has 3 rings (SSSR count). The lowest BCUT2D eigenvalue weighted by Gasteiger charge is -2.23. The summed E-state index contributed by atoms with van der Waals surface area (Å²) >= 11 is 0. The van der Waals surface area contributed by atoms with E-state index in [2.05, 4.69) is 5.32 Å². The molecule has 0 bridgehead atoms. The van der Waals surface area contributed by atoms with E-state index in [4.69, 9.17) is 5.11 Å². The van der Waals surface area contributed by atoms with E-state index in [1.54, 1.807) is 12.1 Å². The Kier molecular flexibility index (Phi) is 5.46. The number of nitrogens with zero attached hydrogens (tertiary/aromatic N) is 1. The van der Waals surface area contributed by atoms with E-state index in [9.17, 15) is 22.8 Å². The average Bonchev–Trinajstić information content (AvgIpc) is 2.82. The zero-order valence-electron chi connectivity index (χ0n) is 14.7. The van der Waals surface area contributed by atoms with Gasteiger partial charge >= 0.3 is 5.97 Å². The van der Waals surface area contributed by atoms with E-state index in [1.807, 2.05) is 18.2 Å². The van der Waals surface area contributed by atoms with Crippen molar-refractivity contribution in [2.45, 2.75) is 11.3 Å². The van der Waals surface area contributed by atoms with Crippen LogP contribution in [0.1, 0.15) is 15.9 Å². The molecular weight excluding hydrogens is 384 g/mol. The van der Waals surface area contributed by atoms with E-state index in [0.29, 0.717) is 4.31 Å². The number of carboxylic acids is 1. The minimum Gasteiger partial charge on any atom is -0.478 e. The Labute approximate surface area is 161 Å². The minimum absolute atomic E-state index is 0.0216. The van der Waals surface area contributed by atoms with Crippen molar-refractivity contribution in [3.8, 4) is 0 Å². The lowest BCUT2D eigenvalue weighted by atomic mass is 9.99. The van der Waals surface area contributed by atoms with Gasteiger partial charge in [-0.3, -0.25) is 9.59 Å². The molecule has 0 aliphatic carbocycles. The van der Waals surface area contributed by atoms with Gasteiger partial charge < -0.3 is 10.4 Å². The largest absolute Gasteiger partial charge is 0.478 e. The predicted molar refractivity (Wildman–Crippen MR) is 98.9 cm³/mol. The first-order valence-electron chi connectivity index (χ1n) is 8.49. The van der Waals surface area contributed by atoms with Crippen LogP contribution in [0.4, 0.5) is 0 Å². The summed E-state index contributed by atoms with van der Waals surface area (Å²) in [7, 11) is -4.39. The Hall–Kier alpha value is -3.20. The Bertz CT molecular complexity index is 1020. The maximum atomic E-state index is 13.0. The first-order valence-corrected chi connectivity index (χ1v) is 9.93. The number of carboxylic acid groups (broad SMARTS) is 1. The fraction of sp³-hybridized carbons (Fsp3) is 0.211. The zero-order valence-corrected chi connectivity index (χ0v) is 15.6. The molecule has 0 aromatic heterocycles. The number of hydrogen-bond donors (Lipinski definition) is 2. The average molecular weight is 402 g/mol. The Balaban J connectivity index is 1.95. The van der Waals surface area contributed by atoms with Crippen molar-refractivity contribution >= 4 is 27.8 Å². The minimum atomic E-state index is -4.39. The van der Waals surface area contributed by atoms with Crippen LogP contribution >= 0.6 is 0 Å². The van der Waals surface area contributed by atoms with Crippen LogP contribution in [0.2, 0.25) is 0 Å². The van der Waals surface area contributed by atoms with E-state index >= 15 is 0 Å². The summed E-state index contributed by atoms with van der Waals surface area (Å²) in [6, 6.07) is 13.8.